The molecule has 2 N–H and O–H groups in total. The Kier molecular flexibility index (Phi) is 4.73. The van der Waals surface area contributed by atoms with E-state index in [1.54, 1.807) is 0 Å². The van der Waals surface area contributed by atoms with E-state index in [0.717, 1.165) is 52.3 Å². The number of nitrogens with two attached hydrogens (primary N) is 1. The Morgan fingerprint density at radius 2 is 2.19 bits per heavy atom. The van der Waals surface area contributed by atoms with Crippen LogP contribution in [0.15, 0.2) is 30.3 Å². The maximum absolute atomic E-state index is 13.1. The summed E-state index contributed by atoms with van der Waals surface area (Å²) in [6.07, 6.45) is 3.16. The maximum Gasteiger partial charge on any atom is 0.264 e. The number of fused-ring (bicyclic) bond motifs is 1. The molecule has 136 valence electrons. The van der Waals surface area contributed by atoms with Crippen molar-refractivity contribution in [2.75, 3.05) is 13.1 Å². The second-order valence-electron chi connectivity index (χ2n) is 6.66. The molecule has 5 nitrogen and oxygen atoms in total. The van der Waals surface area contributed by atoms with Crippen LogP contribution in [-0.2, 0) is 0 Å². The number of carbonyl (C=O) groups excluding carboxylic acids is 1. The topological polar surface area (TPSA) is 64.2 Å². The van der Waals surface area contributed by atoms with Gasteiger partial charge in [0.25, 0.3) is 5.91 Å². The number of nitrogens with zero attached hydrogens (tertiary/aromatic N) is 3. The molecular weight excluding hydrogens is 368 g/mol. The Morgan fingerprint density at radius 1 is 1.38 bits per heavy atom. The quantitative estimate of drug-likeness (QED) is 0.737. The van der Waals surface area contributed by atoms with Crippen LogP contribution in [0.3, 0.4) is 0 Å². The number of carbonyl (C=O) groups is 1. The van der Waals surface area contributed by atoms with Crippen LogP contribution in [0.2, 0.25) is 5.02 Å². The predicted octanol–water partition coefficient (Wildman–Crippen LogP) is 4.00. The first kappa shape index (κ1) is 17.5. The molecule has 1 atom stereocenters. The van der Waals surface area contributed by atoms with Gasteiger partial charge in [-0.15, -0.1) is 11.3 Å². The standard InChI is InChI=1S/C19H21ClN4OS/c1-12-14-10-17(18(25)23-9-5-4-6-13(23)11-21)26-19(14)24(22-12)16-8-3-2-7-15(16)20/h2-3,7-8,10,13H,4-6,9,11,21H2,1H3. The predicted molar refractivity (Wildman–Crippen MR) is 106 cm³/mol. The van der Waals surface area contributed by atoms with Gasteiger partial charge in [-0.1, -0.05) is 23.7 Å². The van der Waals surface area contributed by atoms with Crippen molar-refractivity contribution in [2.24, 2.45) is 5.73 Å². The fraction of sp³-hybridized carbons (Fsp3) is 0.368. The third-order valence-electron chi connectivity index (χ3n) is 5.00. The average Bonchev–Trinajstić information content (AvgIpc) is 3.22. The van der Waals surface area contributed by atoms with E-state index < -0.39 is 0 Å². The average molecular weight is 389 g/mol. The zero-order chi connectivity index (χ0) is 18.3. The molecule has 0 saturated carbocycles. The minimum atomic E-state index is 0.0754. The lowest BCUT2D eigenvalue weighted by Gasteiger charge is -2.34. The lowest BCUT2D eigenvalue weighted by Crippen LogP contribution is -2.47. The van der Waals surface area contributed by atoms with E-state index in [2.05, 4.69) is 5.10 Å². The van der Waals surface area contributed by atoms with E-state index in [1.165, 1.54) is 11.3 Å². The number of thiophene rings is 1. The second-order valence-corrected chi connectivity index (χ2v) is 8.10. The molecule has 4 rings (SSSR count). The zero-order valence-electron chi connectivity index (χ0n) is 14.6. The van der Waals surface area contributed by atoms with Crippen molar-refractivity contribution in [3.8, 4) is 5.69 Å². The van der Waals surface area contributed by atoms with Gasteiger partial charge in [0.05, 0.1) is 21.3 Å². The van der Waals surface area contributed by atoms with Gasteiger partial charge in [-0.3, -0.25) is 4.79 Å². The van der Waals surface area contributed by atoms with Crippen LogP contribution in [0, 0.1) is 6.92 Å². The number of hydrogen-bond acceptors (Lipinski definition) is 4. The molecule has 0 bridgehead atoms. The first-order valence-electron chi connectivity index (χ1n) is 8.85. The van der Waals surface area contributed by atoms with Gasteiger partial charge in [-0.25, -0.2) is 4.68 Å². The highest BCUT2D eigenvalue weighted by molar-refractivity contribution is 7.20. The lowest BCUT2D eigenvalue weighted by atomic mass is 10.0. The van der Waals surface area contributed by atoms with Crippen molar-refractivity contribution in [3.63, 3.8) is 0 Å². The third kappa shape index (κ3) is 2.92. The first-order chi connectivity index (χ1) is 12.6. The van der Waals surface area contributed by atoms with Gasteiger partial charge in [-0.05, 0) is 44.4 Å². The molecule has 3 heterocycles. The first-order valence-corrected chi connectivity index (χ1v) is 10.0. The van der Waals surface area contributed by atoms with Gasteiger partial charge >= 0.3 is 0 Å². The number of aromatic nitrogens is 2. The minimum Gasteiger partial charge on any atom is -0.334 e. The molecule has 1 saturated heterocycles. The number of likely N-dealkylation sites (tertiary alicyclic amines) is 1. The number of para-hydroxylation sites is 1. The van der Waals surface area contributed by atoms with E-state index in [1.807, 2.05) is 46.8 Å². The Bertz CT molecular complexity index is 964. The van der Waals surface area contributed by atoms with Crippen molar-refractivity contribution in [1.82, 2.24) is 14.7 Å². The Balaban J connectivity index is 1.75. The largest absolute Gasteiger partial charge is 0.334 e. The lowest BCUT2D eigenvalue weighted by molar-refractivity contribution is 0.0628. The van der Waals surface area contributed by atoms with Gasteiger partial charge in [-0.2, -0.15) is 5.10 Å². The third-order valence-corrected chi connectivity index (χ3v) is 6.41. The number of piperidine rings is 1. The Morgan fingerprint density at radius 3 is 2.96 bits per heavy atom. The summed E-state index contributed by atoms with van der Waals surface area (Å²) < 4.78 is 1.84. The van der Waals surface area contributed by atoms with E-state index >= 15 is 0 Å². The van der Waals surface area contributed by atoms with Crippen LogP contribution in [0.4, 0.5) is 0 Å². The molecule has 0 spiro atoms. The van der Waals surface area contributed by atoms with Crippen LogP contribution in [0.1, 0.15) is 34.6 Å². The molecule has 1 aliphatic rings. The minimum absolute atomic E-state index is 0.0754. The number of amides is 1. The van der Waals surface area contributed by atoms with Crippen LogP contribution in [0.5, 0.6) is 0 Å². The summed E-state index contributed by atoms with van der Waals surface area (Å²) in [6, 6.07) is 9.71. The van der Waals surface area contributed by atoms with Crippen LogP contribution < -0.4 is 5.73 Å². The van der Waals surface area contributed by atoms with Gasteiger partial charge < -0.3 is 10.6 Å². The molecule has 0 radical (unpaired) electrons. The summed E-state index contributed by atoms with van der Waals surface area (Å²) in [5.41, 5.74) is 7.60. The fourth-order valence-corrected chi connectivity index (χ4v) is 4.94. The molecule has 2 aromatic heterocycles. The SMILES string of the molecule is Cc1nn(-c2ccccc2Cl)c2sc(C(=O)N3CCCCC3CN)cc12. The summed E-state index contributed by atoms with van der Waals surface area (Å²) >= 11 is 7.82. The molecule has 26 heavy (non-hydrogen) atoms. The number of rotatable bonds is 3. The van der Waals surface area contributed by atoms with Crippen LogP contribution in [-0.4, -0.2) is 39.7 Å². The molecule has 1 unspecified atom stereocenters. The van der Waals surface area contributed by atoms with Gasteiger partial charge in [0, 0.05) is 24.5 Å². The Labute approximate surface area is 161 Å². The number of aryl methyl sites for hydroxylation is 1. The van der Waals surface area contributed by atoms with E-state index in [4.69, 9.17) is 17.3 Å². The molecule has 7 heteroatoms. The number of halogens is 1. The summed E-state index contributed by atoms with van der Waals surface area (Å²) in [4.78, 5) is 16.7. The van der Waals surface area contributed by atoms with E-state index in [-0.39, 0.29) is 11.9 Å². The van der Waals surface area contributed by atoms with Crippen molar-refractivity contribution in [1.29, 1.82) is 0 Å². The Hall–Kier alpha value is -1.89. The molecule has 1 fully saturated rings. The zero-order valence-corrected chi connectivity index (χ0v) is 16.2. The van der Waals surface area contributed by atoms with Crippen molar-refractivity contribution < 1.29 is 4.79 Å². The van der Waals surface area contributed by atoms with E-state index in [0.29, 0.717) is 11.6 Å². The molecular formula is C19H21ClN4OS. The van der Waals surface area contributed by atoms with Crippen molar-refractivity contribution >= 4 is 39.1 Å². The summed E-state index contributed by atoms with van der Waals surface area (Å²) in [7, 11) is 0. The highest BCUT2D eigenvalue weighted by atomic mass is 35.5. The van der Waals surface area contributed by atoms with Crippen LogP contribution in [0.25, 0.3) is 15.9 Å². The van der Waals surface area contributed by atoms with E-state index in [9.17, 15) is 4.79 Å². The van der Waals surface area contributed by atoms with Gasteiger partial charge in [0.1, 0.15) is 4.83 Å². The highest BCUT2D eigenvalue weighted by Gasteiger charge is 2.28. The summed E-state index contributed by atoms with van der Waals surface area (Å²) in [5.74, 6) is 0.0754. The smallest absolute Gasteiger partial charge is 0.264 e. The fourth-order valence-electron chi connectivity index (χ4n) is 3.59. The monoisotopic (exact) mass is 388 g/mol. The molecule has 3 aromatic rings. The number of benzene rings is 1. The normalized spacial score (nSPS) is 17.8. The van der Waals surface area contributed by atoms with Gasteiger partial charge in [0.15, 0.2) is 0 Å². The van der Waals surface area contributed by atoms with Crippen molar-refractivity contribution in [2.45, 2.75) is 32.2 Å². The van der Waals surface area contributed by atoms with Crippen LogP contribution >= 0.6 is 22.9 Å². The van der Waals surface area contributed by atoms with Gasteiger partial charge in [0.2, 0.25) is 0 Å². The molecule has 1 aromatic carbocycles. The molecule has 1 amide bonds. The highest BCUT2D eigenvalue weighted by Crippen LogP contribution is 2.33. The number of hydrogen-bond donors (Lipinski definition) is 1. The molecule has 1 aliphatic heterocycles. The molecule has 0 aliphatic carbocycles. The van der Waals surface area contributed by atoms with Crippen molar-refractivity contribution in [3.05, 3.63) is 45.9 Å². The summed E-state index contributed by atoms with van der Waals surface area (Å²) in [5, 5.41) is 6.26. The maximum atomic E-state index is 13.1. The second kappa shape index (κ2) is 7.02. The summed E-state index contributed by atoms with van der Waals surface area (Å²) in [6.45, 7) is 3.26.